The second-order valence-electron chi connectivity index (χ2n) is 12.4. The number of allylic oxidation sites excluding steroid dienone is 1. The number of halogens is 45. The van der Waals surface area contributed by atoms with Crippen LogP contribution in [0.1, 0.15) is 0 Å². The maximum Gasteiger partial charge on any atom is 0.460 e. The van der Waals surface area contributed by atoms with Crippen molar-refractivity contribution in [3.8, 4) is 0 Å². The molecule has 0 N–H and O–H groups in total. The fourth-order valence-electron chi connectivity index (χ4n) is 3.95. The molecule has 0 aliphatic rings. The molecule has 0 aromatic heterocycles. The minimum absolute atomic E-state index is 2.75. The molecule has 0 atom stereocenters. The van der Waals surface area contributed by atoms with Gasteiger partial charge in [0.05, 0.1) is 0 Å². The van der Waals surface area contributed by atoms with Gasteiger partial charge in [0.15, 0.2) is 0 Å². The zero-order valence-electron chi connectivity index (χ0n) is 28.6. The van der Waals surface area contributed by atoms with Crippen molar-refractivity contribution in [2.75, 3.05) is 0 Å². The lowest BCUT2D eigenvalue weighted by atomic mass is 9.81. The smallest absolute Gasteiger partial charge is 0.212 e. The molecule has 0 aliphatic heterocycles. The fourth-order valence-corrected chi connectivity index (χ4v) is 3.95. The molecular weight excluding hydrogens is 1130 g/mol. The molecule has 45 heteroatoms. The summed E-state index contributed by atoms with van der Waals surface area (Å²) < 4.78 is 609. The molecule has 408 valence electrons. The molecule has 0 nitrogen and oxygen atoms in total. The van der Waals surface area contributed by atoms with Gasteiger partial charge in [0.2, 0.25) is 5.83 Å². The van der Waals surface area contributed by atoms with E-state index < -0.39 is 137 Å². The molecule has 0 fully saturated rings. The van der Waals surface area contributed by atoms with Gasteiger partial charge in [0.25, 0.3) is 0 Å². The molecule has 0 radical (unpaired) electrons. The zero-order chi connectivity index (χ0) is 56.8. The highest BCUT2D eigenvalue weighted by Crippen LogP contribution is 2.72. The van der Waals surface area contributed by atoms with Crippen LogP contribution in [0.4, 0.5) is 198 Å². The van der Waals surface area contributed by atoms with E-state index in [2.05, 4.69) is 0 Å². The Hall–Kier alpha value is -3.41. The summed E-state index contributed by atoms with van der Waals surface area (Å²) in [6.45, 7) is 0. The Labute approximate surface area is 336 Å². The molecule has 0 bridgehead atoms. The Kier molecular flexibility index (Phi) is 14.8. The van der Waals surface area contributed by atoms with Crippen LogP contribution in [0.2, 0.25) is 0 Å². The summed E-state index contributed by atoms with van der Waals surface area (Å²) in [6, 6.07) is 0. The quantitative estimate of drug-likeness (QED) is 0.107. The monoisotopic (exact) mass is 1130 g/mol. The van der Waals surface area contributed by atoms with Crippen LogP contribution in [0.25, 0.3) is 0 Å². The van der Waals surface area contributed by atoms with Crippen LogP contribution in [-0.4, -0.2) is 125 Å². The molecule has 0 unspecified atom stereocenters. The average molecular weight is 1130 g/mol. The normalized spacial score (nSPS) is 17.6. The van der Waals surface area contributed by atoms with Gasteiger partial charge in [0, 0.05) is 0 Å². The summed E-state index contributed by atoms with van der Waals surface area (Å²) in [7, 11) is 0. The van der Waals surface area contributed by atoms with Crippen molar-refractivity contribution in [3.63, 3.8) is 0 Å². The third-order valence-electron chi connectivity index (χ3n) is 8.24. The van der Waals surface area contributed by atoms with Gasteiger partial charge in [-0.2, -0.15) is 189 Å². The van der Waals surface area contributed by atoms with E-state index >= 15 is 0 Å². The third kappa shape index (κ3) is 6.97. The minimum atomic E-state index is -10.8. The Bertz CT molecular complexity index is 1860. The molecule has 0 spiro atoms. The highest BCUT2D eigenvalue weighted by Gasteiger charge is 3.03. The van der Waals surface area contributed by atoms with Crippen molar-refractivity contribution >= 4 is 0 Å². The largest absolute Gasteiger partial charge is 0.460 e. The van der Waals surface area contributed by atoms with Crippen molar-refractivity contribution in [2.45, 2.75) is 125 Å². The van der Waals surface area contributed by atoms with Gasteiger partial charge in [-0.3, -0.25) is 0 Å². The first kappa shape index (κ1) is 64.6. The van der Waals surface area contributed by atoms with E-state index in [9.17, 15) is 198 Å². The lowest BCUT2D eigenvalue weighted by Crippen LogP contribution is -2.80. The van der Waals surface area contributed by atoms with Gasteiger partial charge in [-0.15, -0.1) is 0 Å². The summed E-state index contributed by atoms with van der Waals surface area (Å²) >= 11 is 0. The van der Waals surface area contributed by atoms with Gasteiger partial charge in [-0.05, 0) is 0 Å². The predicted molar refractivity (Wildman–Crippen MR) is 115 cm³/mol. The molecule has 0 rings (SSSR count). The SMILES string of the molecule is FC=C(F)C(F)(F)C(F)(F)C(F)(F)C(F)(F)C(F)(F)C(F)(F)C(F)(F)C(F)(F)C(F)(F)C(F)(F)C(F)(F)C(F)(F)C(F)(F)C(F)(F)C(F)(F)C(F)(F)C(F)(F)C(F)(F)C(F)(F)C(F)(F)C(F)(F)F. The van der Waals surface area contributed by atoms with Gasteiger partial charge >= 0.3 is 125 Å². The van der Waals surface area contributed by atoms with Gasteiger partial charge < -0.3 is 0 Å². The van der Waals surface area contributed by atoms with E-state index in [4.69, 9.17) is 0 Å². The van der Waals surface area contributed by atoms with E-state index in [1.807, 2.05) is 0 Å². The van der Waals surface area contributed by atoms with Gasteiger partial charge in [0.1, 0.15) is 6.33 Å². The lowest BCUT2D eigenvalue weighted by molar-refractivity contribution is -0.496. The van der Waals surface area contributed by atoms with E-state index in [-0.39, 0.29) is 0 Å². The second kappa shape index (κ2) is 15.5. The topological polar surface area (TPSA) is 0 Å². The van der Waals surface area contributed by atoms with Crippen LogP contribution >= 0.6 is 0 Å². The van der Waals surface area contributed by atoms with E-state index in [1.165, 1.54) is 0 Å². The van der Waals surface area contributed by atoms with Crippen LogP contribution in [-0.2, 0) is 0 Å². The zero-order valence-corrected chi connectivity index (χ0v) is 28.6. The van der Waals surface area contributed by atoms with Crippen molar-refractivity contribution in [1.82, 2.24) is 0 Å². The maximum atomic E-state index is 14.0. The van der Waals surface area contributed by atoms with Gasteiger partial charge in [-0.25, -0.2) is 8.78 Å². The first-order valence-electron chi connectivity index (χ1n) is 14.1. The van der Waals surface area contributed by atoms with Crippen molar-refractivity contribution in [3.05, 3.63) is 12.2 Å². The van der Waals surface area contributed by atoms with E-state index in [0.717, 1.165) is 0 Å². The summed E-state index contributed by atoms with van der Waals surface area (Å²) in [5, 5.41) is 0. The predicted octanol–water partition coefficient (Wildman–Crippen LogP) is 15.0. The first-order chi connectivity index (χ1) is 28.5. The molecule has 0 aromatic rings. The van der Waals surface area contributed by atoms with Gasteiger partial charge in [-0.1, -0.05) is 0 Å². The summed E-state index contributed by atoms with van der Waals surface area (Å²) in [5.41, 5.74) is 0. The highest BCUT2D eigenvalue weighted by molar-refractivity contribution is 5.25. The number of hydrogen-bond donors (Lipinski definition) is 0. The molecule has 68 heavy (non-hydrogen) atoms. The first-order valence-corrected chi connectivity index (χ1v) is 14.1. The number of alkyl halides is 43. The van der Waals surface area contributed by atoms with E-state index in [1.54, 1.807) is 0 Å². The Balaban J connectivity index is 8.08. The number of hydrogen-bond acceptors (Lipinski definition) is 0. The van der Waals surface area contributed by atoms with Crippen LogP contribution in [0.3, 0.4) is 0 Å². The molecule has 0 aliphatic carbocycles. The van der Waals surface area contributed by atoms with Crippen LogP contribution in [0, 0.1) is 0 Å². The summed E-state index contributed by atoms with van der Waals surface area (Å²) in [6.07, 6.45) is -11.3. The molecule has 0 heterocycles. The summed E-state index contributed by atoms with van der Waals surface area (Å²) in [5.74, 6) is -208. The summed E-state index contributed by atoms with van der Waals surface area (Å²) in [4.78, 5) is 0. The third-order valence-corrected chi connectivity index (χ3v) is 8.24. The Morgan fingerprint density at radius 2 is 0.279 bits per heavy atom. The highest BCUT2D eigenvalue weighted by atomic mass is 19.4. The minimum Gasteiger partial charge on any atom is -0.212 e. The van der Waals surface area contributed by atoms with Crippen molar-refractivity contribution in [2.24, 2.45) is 0 Å². The Morgan fingerprint density at radius 1 is 0.176 bits per heavy atom. The molecule has 0 saturated carbocycles. The van der Waals surface area contributed by atoms with Crippen LogP contribution < -0.4 is 0 Å². The number of rotatable bonds is 20. The Morgan fingerprint density at radius 3 is 0.382 bits per heavy atom. The molecule has 0 amide bonds. The second-order valence-corrected chi connectivity index (χ2v) is 12.4. The average Bonchev–Trinajstić information content (AvgIpc) is 3.12. The van der Waals surface area contributed by atoms with Crippen molar-refractivity contribution < 1.29 is 198 Å². The maximum absolute atomic E-state index is 14.0. The molecule has 0 aromatic carbocycles. The standard InChI is InChI=1S/C23HF45/c24-1-2(25)3(26,27)4(28,29)5(30,31)6(32,33)7(34,35)8(36,37)9(38,39)10(40,41)11(42,43)12(44,45)13(46,47)14(48,49)15(50,51)16(52,53)17(54,55)18(56,57)19(58,59)20(60,61)21(62,63)22(64,65)23(66,67)68/h1H. The van der Waals surface area contributed by atoms with Crippen molar-refractivity contribution in [1.29, 1.82) is 0 Å². The lowest BCUT2D eigenvalue weighted by Gasteiger charge is -2.47. The molecular formula is C23HF45. The molecule has 0 saturated heterocycles. The fraction of sp³-hybridized carbons (Fsp3) is 0.913. The van der Waals surface area contributed by atoms with Crippen LogP contribution in [0.15, 0.2) is 12.2 Å². The van der Waals surface area contributed by atoms with E-state index in [0.29, 0.717) is 0 Å². The van der Waals surface area contributed by atoms with Crippen LogP contribution in [0.5, 0.6) is 0 Å².